The molecule has 0 amide bonds. The van der Waals surface area contributed by atoms with Crippen LogP contribution in [0.1, 0.15) is 29.6 Å². The SMILES string of the molecule is FC(F)Oc1ccccc1[C@@H]1C[C@@H](c2ccc(Cl)cc2)Nc2nnnn21. The highest BCUT2D eigenvalue weighted by molar-refractivity contribution is 6.30. The number of ether oxygens (including phenoxy) is 1. The number of anilines is 1. The molecule has 26 heavy (non-hydrogen) atoms. The second-order valence-electron chi connectivity index (χ2n) is 5.86. The minimum absolute atomic E-state index is 0.102. The topological polar surface area (TPSA) is 64.9 Å². The van der Waals surface area contributed by atoms with Crippen molar-refractivity contribution in [2.75, 3.05) is 5.32 Å². The number of tetrazole rings is 1. The largest absolute Gasteiger partial charge is 0.434 e. The standard InChI is InChI=1S/C17H14ClF2N5O/c18-11-7-5-10(6-8-11)13-9-14(25-17(21-13)22-23-24-25)12-3-1-2-4-15(12)26-16(19)20/h1-8,13-14,16H,9H2,(H,21,22,24)/t13-,14-/m0/s1. The smallest absolute Gasteiger partial charge is 0.387 e. The Labute approximate surface area is 152 Å². The van der Waals surface area contributed by atoms with E-state index in [0.717, 1.165) is 5.56 Å². The van der Waals surface area contributed by atoms with Gasteiger partial charge >= 0.3 is 6.61 Å². The maximum absolute atomic E-state index is 12.8. The van der Waals surface area contributed by atoms with Gasteiger partial charge in [0.15, 0.2) is 0 Å². The normalized spacial score (nSPS) is 19.1. The second-order valence-corrected chi connectivity index (χ2v) is 6.30. The first kappa shape index (κ1) is 16.7. The van der Waals surface area contributed by atoms with Crippen molar-refractivity contribution in [3.05, 3.63) is 64.7 Å². The Kier molecular flexibility index (Phi) is 4.42. The maximum Gasteiger partial charge on any atom is 0.387 e. The van der Waals surface area contributed by atoms with Crippen LogP contribution in [-0.2, 0) is 0 Å². The van der Waals surface area contributed by atoms with Crippen molar-refractivity contribution >= 4 is 17.5 Å². The fraction of sp³-hybridized carbons (Fsp3) is 0.235. The molecule has 0 bridgehead atoms. The van der Waals surface area contributed by atoms with Crippen LogP contribution >= 0.6 is 11.6 Å². The van der Waals surface area contributed by atoms with E-state index in [-0.39, 0.29) is 17.8 Å². The third kappa shape index (κ3) is 3.20. The minimum Gasteiger partial charge on any atom is -0.434 e. The number of nitrogens with zero attached hydrogens (tertiary/aromatic N) is 4. The third-order valence-electron chi connectivity index (χ3n) is 4.32. The van der Waals surface area contributed by atoms with Gasteiger partial charge < -0.3 is 10.1 Å². The van der Waals surface area contributed by atoms with E-state index < -0.39 is 6.61 Å². The molecule has 0 unspecified atom stereocenters. The molecular formula is C17H14ClF2N5O. The van der Waals surface area contributed by atoms with Crippen LogP contribution in [0.2, 0.25) is 5.02 Å². The Balaban J connectivity index is 1.73. The van der Waals surface area contributed by atoms with E-state index in [1.165, 1.54) is 6.07 Å². The second kappa shape index (κ2) is 6.87. The molecule has 0 saturated carbocycles. The van der Waals surface area contributed by atoms with E-state index in [9.17, 15) is 8.78 Å². The van der Waals surface area contributed by atoms with Crippen molar-refractivity contribution in [2.45, 2.75) is 25.1 Å². The van der Waals surface area contributed by atoms with Crippen LogP contribution in [0, 0.1) is 0 Å². The molecule has 0 aliphatic carbocycles. The molecule has 0 saturated heterocycles. The molecular weight excluding hydrogens is 364 g/mol. The number of rotatable bonds is 4. The zero-order chi connectivity index (χ0) is 18.1. The summed E-state index contributed by atoms with van der Waals surface area (Å²) in [6.07, 6.45) is 0.559. The number of benzene rings is 2. The van der Waals surface area contributed by atoms with Crippen molar-refractivity contribution in [1.29, 1.82) is 0 Å². The van der Waals surface area contributed by atoms with Gasteiger partial charge in [0.25, 0.3) is 0 Å². The number of aromatic nitrogens is 4. The summed E-state index contributed by atoms with van der Waals surface area (Å²) in [5.41, 5.74) is 1.60. The first-order valence-corrected chi connectivity index (χ1v) is 8.33. The Morgan fingerprint density at radius 2 is 1.92 bits per heavy atom. The Hall–Kier alpha value is -2.74. The van der Waals surface area contributed by atoms with Crippen LogP contribution in [0.25, 0.3) is 0 Å². The molecule has 3 aromatic rings. The molecule has 6 nitrogen and oxygen atoms in total. The highest BCUT2D eigenvalue weighted by Gasteiger charge is 2.32. The van der Waals surface area contributed by atoms with Crippen LogP contribution in [0.4, 0.5) is 14.7 Å². The summed E-state index contributed by atoms with van der Waals surface area (Å²) >= 11 is 5.96. The molecule has 0 radical (unpaired) electrons. The third-order valence-corrected chi connectivity index (χ3v) is 4.57. The van der Waals surface area contributed by atoms with Gasteiger partial charge in [-0.3, -0.25) is 0 Å². The number of fused-ring (bicyclic) bond motifs is 1. The molecule has 4 rings (SSSR count). The van der Waals surface area contributed by atoms with E-state index >= 15 is 0 Å². The highest BCUT2D eigenvalue weighted by atomic mass is 35.5. The fourth-order valence-corrected chi connectivity index (χ4v) is 3.29. The zero-order valence-electron chi connectivity index (χ0n) is 13.4. The zero-order valence-corrected chi connectivity index (χ0v) is 14.1. The Morgan fingerprint density at radius 3 is 2.69 bits per heavy atom. The maximum atomic E-state index is 12.8. The van der Waals surface area contributed by atoms with Gasteiger partial charge in [-0.25, -0.2) is 4.68 Å². The number of hydrogen-bond donors (Lipinski definition) is 1. The molecule has 134 valence electrons. The first-order chi connectivity index (χ1) is 12.6. The molecule has 2 atom stereocenters. The van der Waals surface area contributed by atoms with E-state index in [2.05, 4.69) is 20.8 Å². The van der Waals surface area contributed by atoms with E-state index in [0.29, 0.717) is 23.0 Å². The van der Waals surface area contributed by atoms with Gasteiger partial charge in [0.05, 0.1) is 12.1 Å². The van der Waals surface area contributed by atoms with Crippen molar-refractivity contribution in [2.24, 2.45) is 0 Å². The quantitative estimate of drug-likeness (QED) is 0.742. The lowest BCUT2D eigenvalue weighted by molar-refractivity contribution is -0.0507. The van der Waals surface area contributed by atoms with E-state index in [1.807, 2.05) is 12.1 Å². The number of hydrogen-bond acceptors (Lipinski definition) is 5. The first-order valence-electron chi connectivity index (χ1n) is 7.95. The van der Waals surface area contributed by atoms with Crippen molar-refractivity contribution in [3.63, 3.8) is 0 Å². The summed E-state index contributed by atoms with van der Waals surface area (Å²) in [6, 6.07) is 13.7. The van der Waals surface area contributed by atoms with Gasteiger partial charge in [-0.05, 0) is 40.6 Å². The summed E-state index contributed by atoms with van der Waals surface area (Å²) in [5.74, 6) is 0.582. The molecule has 1 N–H and O–H groups in total. The van der Waals surface area contributed by atoms with Gasteiger partial charge in [-0.1, -0.05) is 47.0 Å². The molecule has 2 aromatic carbocycles. The molecule has 1 aromatic heterocycles. The number of nitrogens with one attached hydrogen (secondary N) is 1. The van der Waals surface area contributed by atoms with Crippen LogP contribution in [0.3, 0.4) is 0 Å². The average molecular weight is 378 g/mol. The van der Waals surface area contributed by atoms with Crippen LogP contribution in [0.15, 0.2) is 48.5 Å². The Bertz CT molecular complexity index is 902. The van der Waals surface area contributed by atoms with Crippen LogP contribution in [-0.4, -0.2) is 26.8 Å². The van der Waals surface area contributed by atoms with Gasteiger partial charge in [0.1, 0.15) is 5.75 Å². The minimum atomic E-state index is -2.90. The summed E-state index contributed by atoms with van der Waals surface area (Å²) in [5, 5.41) is 15.6. The summed E-state index contributed by atoms with van der Waals surface area (Å²) in [4.78, 5) is 0. The molecule has 0 fully saturated rings. The predicted octanol–water partition coefficient (Wildman–Crippen LogP) is 4.07. The van der Waals surface area contributed by atoms with Crippen molar-refractivity contribution in [1.82, 2.24) is 20.2 Å². The lowest BCUT2D eigenvalue weighted by atomic mass is 9.93. The number of halogens is 3. The van der Waals surface area contributed by atoms with Gasteiger partial charge in [0, 0.05) is 10.6 Å². The average Bonchev–Trinajstić information content (AvgIpc) is 3.10. The van der Waals surface area contributed by atoms with E-state index in [4.69, 9.17) is 16.3 Å². The molecule has 0 spiro atoms. The number of para-hydroxylation sites is 1. The van der Waals surface area contributed by atoms with Crippen molar-refractivity contribution in [3.8, 4) is 5.75 Å². The van der Waals surface area contributed by atoms with Gasteiger partial charge in [-0.15, -0.1) is 0 Å². The molecule has 9 heteroatoms. The summed E-state index contributed by atoms with van der Waals surface area (Å²) in [7, 11) is 0. The monoisotopic (exact) mass is 377 g/mol. The lowest BCUT2D eigenvalue weighted by Crippen LogP contribution is -2.28. The Morgan fingerprint density at radius 1 is 1.15 bits per heavy atom. The van der Waals surface area contributed by atoms with E-state index in [1.54, 1.807) is 35.0 Å². The van der Waals surface area contributed by atoms with Crippen LogP contribution in [0.5, 0.6) is 5.75 Å². The molecule has 1 aliphatic heterocycles. The molecule has 2 heterocycles. The number of alkyl halides is 2. The predicted molar refractivity (Wildman–Crippen MR) is 91.5 cm³/mol. The van der Waals surface area contributed by atoms with Gasteiger partial charge in [0.2, 0.25) is 5.95 Å². The highest BCUT2D eigenvalue weighted by Crippen LogP contribution is 2.40. The summed E-state index contributed by atoms with van der Waals surface area (Å²) in [6.45, 7) is -2.90. The molecule has 1 aliphatic rings. The van der Waals surface area contributed by atoms with Gasteiger partial charge in [-0.2, -0.15) is 8.78 Å². The lowest BCUT2D eigenvalue weighted by Gasteiger charge is -2.31. The van der Waals surface area contributed by atoms with Crippen LogP contribution < -0.4 is 10.1 Å². The summed E-state index contributed by atoms with van der Waals surface area (Å²) < 4.78 is 31.9. The fourth-order valence-electron chi connectivity index (χ4n) is 3.17. The van der Waals surface area contributed by atoms with Crippen molar-refractivity contribution < 1.29 is 13.5 Å².